The van der Waals surface area contributed by atoms with E-state index in [1.54, 1.807) is 0 Å². The lowest BCUT2D eigenvalue weighted by Gasteiger charge is -2.36. The minimum Gasteiger partial charge on any atom is -0.381 e. The summed E-state index contributed by atoms with van der Waals surface area (Å²) >= 11 is 0. The van der Waals surface area contributed by atoms with Gasteiger partial charge in [-0.15, -0.1) is 0 Å². The van der Waals surface area contributed by atoms with Gasteiger partial charge < -0.3 is 4.74 Å². The van der Waals surface area contributed by atoms with E-state index in [2.05, 4.69) is 26.0 Å². The monoisotopic (exact) mass is 180 g/mol. The SMILES string of the molecule is C[C@@H]1COC[C@H]1[C@]1(C)C=CCCC1. The second kappa shape index (κ2) is 3.45. The Hall–Kier alpha value is -0.300. The average Bonchev–Trinajstić information content (AvgIpc) is 2.53. The maximum Gasteiger partial charge on any atom is 0.0506 e. The number of hydrogen-bond donors (Lipinski definition) is 0. The van der Waals surface area contributed by atoms with Crippen molar-refractivity contribution in [2.24, 2.45) is 17.3 Å². The molecule has 0 aromatic rings. The van der Waals surface area contributed by atoms with Crippen LogP contribution in [0.15, 0.2) is 12.2 Å². The van der Waals surface area contributed by atoms with E-state index in [4.69, 9.17) is 4.74 Å². The molecule has 1 nitrogen and oxygen atoms in total. The first-order chi connectivity index (χ1) is 6.22. The van der Waals surface area contributed by atoms with E-state index in [1.165, 1.54) is 19.3 Å². The molecule has 3 atom stereocenters. The molecule has 0 radical (unpaired) electrons. The molecule has 74 valence electrons. The van der Waals surface area contributed by atoms with Crippen LogP contribution in [0.2, 0.25) is 0 Å². The molecule has 0 amide bonds. The van der Waals surface area contributed by atoms with Crippen LogP contribution in [0.3, 0.4) is 0 Å². The van der Waals surface area contributed by atoms with Gasteiger partial charge in [-0.05, 0) is 36.5 Å². The smallest absolute Gasteiger partial charge is 0.0506 e. The highest BCUT2D eigenvalue weighted by Crippen LogP contribution is 2.43. The molecule has 0 unspecified atom stereocenters. The normalized spacial score (nSPS) is 45.4. The molecule has 0 saturated carbocycles. The molecule has 1 saturated heterocycles. The summed E-state index contributed by atoms with van der Waals surface area (Å²) < 4.78 is 5.55. The van der Waals surface area contributed by atoms with Gasteiger partial charge in [0.2, 0.25) is 0 Å². The lowest BCUT2D eigenvalue weighted by atomic mass is 9.68. The highest BCUT2D eigenvalue weighted by Gasteiger charge is 2.39. The zero-order chi connectivity index (χ0) is 9.31. The second-order valence-electron chi connectivity index (χ2n) is 4.92. The third kappa shape index (κ3) is 1.67. The lowest BCUT2D eigenvalue weighted by molar-refractivity contribution is 0.146. The zero-order valence-corrected chi connectivity index (χ0v) is 8.75. The highest BCUT2D eigenvalue weighted by atomic mass is 16.5. The molecule has 0 aromatic heterocycles. The van der Waals surface area contributed by atoms with Crippen molar-refractivity contribution >= 4 is 0 Å². The fraction of sp³-hybridized carbons (Fsp3) is 0.833. The van der Waals surface area contributed by atoms with Crippen LogP contribution in [-0.4, -0.2) is 13.2 Å². The molecule has 2 rings (SSSR count). The molecular formula is C12H20O. The Bertz CT molecular complexity index is 209. The van der Waals surface area contributed by atoms with Crippen LogP contribution in [0, 0.1) is 17.3 Å². The molecular weight excluding hydrogens is 160 g/mol. The van der Waals surface area contributed by atoms with Gasteiger partial charge in [-0.3, -0.25) is 0 Å². The minimum absolute atomic E-state index is 0.425. The van der Waals surface area contributed by atoms with Gasteiger partial charge in [0.1, 0.15) is 0 Å². The van der Waals surface area contributed by atoms with Crippen molar-refractivity contribution in [3.8, 4) is 0 Å². The van der Waals surface area contributed by atoms with E-state index in [-0.39, 0.29) is 0 Å². The standard InChI is InChI=1S/C12H20O/c1-10-8-13-9-11(10)12(2)6-4-3-5-7-12/h4,6,10-11H,3,5,7-9H2,1-2H3/t10-,11-,12-/m1/s1. The summed E-state index contributed by atoms with van der Waals surface area (Å²) in [7, 11) is 0. The number of hydrogen-bond acceptors (Lipinski definition) is 1. The molecule has 0 spiro atoms. The number of rotatable bonds is 1. The molecule has 1 heteroatoms. The first-order valence-electron chi connectivity index (χ1n) is 5.48. The number of ether oxygens (including phenoxy) is 1. The summed E-state index contributed by atoms with van der Waals surface area (Å²) in [6.07, 6.45) is 8.77. The summed E-state index contributed by atoms with van der Waals surface area (Å²) in [6, 6.07) is 0. The van der Waals surface area contributed by atoms with Crippen LogP contribution in [-0.2, 0) is 4.74 Å². The van der Waals surface area contributed by atoms with Crippen LogP contribution in [0.1, 0.15) is 33.1 Å². The highest BCUT2D eigenvalue weighted by molar-refractivity contribution is 5.06. The van der Waals surface area contributed by atoms with Gasteiger partial charge in [0.05, 0.1) is 6.61 Å². The van der Waals surface area contributed by atoms with Crippen molar-refractivity contribution in [1.29, 1.82) is 0 Å². The van der Waals surface area contributed by atoms with Gasteiger partial charge in [-0.25, -0.2) is 0 Å². The lowest BCUT2D eigenvalue weighted by Crippen LogP contribution is -2.31. The van der Waals surface area contributed by atoms with Crippen LogP contribution in [0.25, 0.3) is 0 Å². The molecule has 1 aliphatic carbocycles. The van der Waals surface area contributed by atoms with Crippen molar-refractivity contribution in [2.75, 3.05) is 13.2 Å². The third-order valence-corrected chi connectivity index (χ3v) is 3.80. The van der Waals surface area contributed by atoms with Gasteiger partial charge in [0, 0.05) is 6.61 Å². The molecule has 1 heterocycles. The van der Waals surface area contributed by atoms with E-state index in [0.717, 1.165) is 25.0 Å². The topological polar surface area (TPSA) is 9.23 Å². The molecule has 13 heavy (non-hydrogen) atoms. The van der Waals surface area contributed by atoms with E-state index in [9.17, 15) is 0 Å². The van der Waals surface area contributed by atoms with E-state index < -0.39 is 0 Å². The van der Waals surface area contributed by atoms with E-state index in [1.807, 2.05) is 0 Å². The molecule has 0 N–H and O–H groups in total. The number of allylic oxidation sites excluding steroid dienone is 2. The summed E-state index contributed by atoms with van der Waals surface area (Å²) in [6.45, 7) is 6.67. The van der Waals surface area contributed by atoms with Crippen molar-refractivity contribution in [3.05, 3.63) is 12.2 Å². The molecule has 1 fully saturated rings. The van der Waals surface area contributed by atoms with Gasteiger partial charge in [0.15, 0.2) is 0 Å². The van der Waals surface area contributed by atoms with Crippen molar-refractivity contribution in [1.82, 2.24) is 0 Å². The summed E-state index contributed by atoms with van der Waals surface area (Å²) in [5, 5.41) is 0. The fourth-order valence-electron chi connectivity index (χ4n) is 2.85. The Labute approximate surface area is 81.2 Å². The van der Waals surface area contributed by atoms with Gasteiger partial charge in [0.25, 0.3) is 0 Å². The van der Waals surface area contributed by atoms with Crippen LogP contribution in [0.4, 0.5) is 0 Å². The first-order valence-corrected chi connectivity index (χ1v) is 5.48. The first kappa shape index (κ1) is 9.26. The average molecular weight is 180 g/mol. The Kier molecular flexibility index (Phi) is 2.46. The maximum absolute atomic E-state index is 5.55. The largest absolute Gasteiger partial charge is 0.381 e. The van der Waals surface area contributed by atoms with E-state index >= 15 is 0 Å². The third-order valence-electron chi connectivity index (χ3n) is 3.80. The summed E-state index contributed by atoms with van der Waals surface area (Å²) in [5.74, 6) is 1.50. The minimum atomic E-state index is 0.425. The molecule has 0 bridgehead atoms. The molecule has 2 aliphatic rings. The van der Waals surface area contributed by atoms with Gasteiger partial charge in [-0.2, -0.15) is 0 Å². The van der Waals surface area contributed by atoms with Gasteiger partial charge in [-0.1, -0.05) is 26.0 Å². The Morgan fingerprint density at radius 1 is 1.38 bits per heavy atom. The predicted molar refractivity (Wildman–Crippen MR) is 54.6 cm³/mol. The van der Waals surface area contributed by atoms with Crippen LogP contribution >= 0.6 is 0 Å². The summed E-state index contributed by atoms with van der Waals surface area (Å²) in [5.41, 5.74) is 0.425. The van der Waals surface area contributed by atoms with Crippen LogP contribution < -0.4 is 0 Å². The van der Waals surface area contributed by atoms with Crippen molar-refractivity contribution in [2.45, 2.75) is 33.1 Å². The Morgan fingerprint density at radius 3 is 2.77 bits per heavy atom. The zero-order valence-electron chi connectivity index (χ0n) is 8.75. The van der Waals surface area contributed by atoms with Crippen molar-refractivity contribution < 1.29 is 4.74 Å². The molecule has 0 aromatic carbocycles. The molecule has 1 aliphatic heterocycles. The van der Waals surface area contributed by atoms with Crippen molar-refractivity contribution in [3.63, 3.8) is 0 Å². The predicted octanol–water partition coefficient (Wildman–Crippen LogP) is 3.02. The van der Waals surface area contributed by atoms with E-state index in [0.29, 0.717) is 5.41 Å². The van der Waals surface area contributed by atoms with Crippen LogP contribution in [0.5, 0.6) is 0 Å². The Balaban J connectivity index is 2.12. The quantitative estimate of drug-likeness (QED) is 0.564. The fourth-order valence-corrected chi connectivity index (χ4v) is 2.85. The second-order valence-corrected chi connectivity index (χ2v) is 4.92. The maximum atomic E-state index is 5.55. The Morgan fingerprint density at radius 2 is 2.23 bits per heavy atom. The van der Waals surface area contributed by atoms with Gasteiger partial charge >= 0.3 is 0 Å². The summed E-state index contributed by atoms with van der Waals surface area (Å²) in [4.78, 5) is 0.